The Bertz CT molecular complexity index is 785. The van der Waals surface area contributed by atoms with Crippen LogP contribution in [0, 0.1) is 11.2 Å². The molecule has 3 aliphatic heterocycles. The fourth-order valence-electron chi connectivity index (χ4n) is 4.44. The van der Waals surface area contributed by atoms with Gasteiger partial charge in [0.1, 0.15) is 17.2 Å². The van der Waals surface area contributed by atoms with E-state index in [1.54, 1.807) is 0 Å². The Hall–Kier alpha value is -1.17. The summed E-state index contributed by atoms with van der Waals surface area (Å²) < 4.78 is 13.5. The van der Waals surface area contributed by atoms with Crippen molar-refractivity contribution in [2.45, 2.75) is 58.7 Å². The number of halogens is 2. The van der Waals surface area contributed by atoms with E-state index in [0.717, 1.165) is 25.5 Å². The van der Waals surface area contributed by atoms with Crippen LogP contribution in [0.1, 0.15) is 45.9 Å². The third-order valence-corrected chi connectivity index (χ3v) is 5.98. The van der Waals surface area contributed by atoms with Crippen LogP contribution in [0.15, 0.2) is 12.1 Å². The molecule has 2 unspecified atom stereocenters. The third kappa shape index (κ3) is 3.75. The molecular weight excluding hydrogens is 351 g/mol. The molecule has 1 aromatic heterocycles. The van der Waals surface area contributed by atoms with E-state index < -0.39 is 0 Å². The van der Waals surface area contributed by atoms with Gasteiger partial charge in [0.2, 0.25) is 0 Å². The molecule has 142 valence electrons. The average molecular weight is 379 g/mol. The van der Waals surface area contributed by atoms with Crippen molar-refractivity contribution in [3.8, 4) is 0 Å². The Kier molecular flexibility index (Phi) is 4.74. The standard InChI is InChI=1S/C20H28ClFN4/c1-20(2,3)5-4-6-26-14-9-15(26)11-25(10-14)12-18-23-17-8-13(22)7-16(21)19(17)24-18/h7-8,14-15H,4-6,9-12H2,1-3H3,(H,23,24). The van der Waals surface area contributed by atoms with Gasteiger partial charge < -0.3 is 4.98 Å². The number of aromatic nitrogens is 2. The number of piperidine rings is 1. The summed E-state index contributed by atoms with van der Waals surface area (Å²) in [6, 6.07) is 4.14. The number of rotatable bonds is 5. The van der Waals surface area contributed by atoms with E-state index in [1.807, 2.05) is 0 Å². The Morgan fingerprint density at radius 1 is 1.27 bits per heavy atom. The first kappa shape index (κ1) is 18.2. The molecule has 2 atom stereocenters. The number of nitrogens with zero attached hydrogens (tertiary/aromatic N) is 3. The second kappa shape index (κ2) is 6.77. The van der Waals surface area contributed by atoms with E-state index in [9.17, 15) is 4.39 Å². The lowest BCUT2D eigenvalue weighted by Crippen LogP contribution is -2.68. The molecule has 3 saturated heterocycles. The predicted octanol–water partition coefficient (Wildman–Crippen LogP) is 4.44. The summed E-state index contributed by atoms with van der Waals surface area (Å²) in [5, 5.41) is 0.369. The van der Waals surface area contributed by atoms with Crippen LogP contribution in [0.2, 0.25) is 5.02 Å². The Balaban J connectivity index is 1.34. The van der Waals surface area contributed by atoms with E-state index in [-0.39, 0.29) is 5.82 Å². The summed E-state index contributed by atoms with van der Waals surface area (Å²) in [6.45, 7) is 11.1. The van der Waals surface area contributed by atoms with E-state index in [0.29, 0.717) is 33.6 Å². The molecule has 5 rings (SSSR count). The van der Waals surface area contributed by atoms with Crippen LogP contribution in [0.4, 0.5) is 4.39 Å². The van der Waals surface area contributed by atoms with Crippen molar-refractivity contribution in [2.75, 3.05) is 19.6 Å². The smallest absolute Gasteiger partial charge is 0.126 e. The van der Waals surface area contributed by atoms with Gasteiger partial charge in [-0.1, -0.05) is 32.4 Å². The van der Waals surface area contributed by atoms with Gasteiger partial charge in [-0.3, -0.25) is 9.80 Å². The first-order chi connectivity index (χ1) is 12.3. The summed E-state index contributed by atoms with van der Waals surface area (Å²) in [4.78, 5) is 12.9. The molecule has 2 aromatic rings. The first-order valence-electron chi connectivity index (χ1n) is 9.60. The fourth-order valence-corrected chi connectivity index (χ4v) is 4.69. The highest BCUT2D eigenvalue weighted by atomic mass is 35.5. The number of aromatic amines is 1. The second-order valence-corrected chi connectivity index (χ2v) is 9.51. The minimum atomic E-state index is -0.331. The SMILES string of the molecule is CC(C)(C)CCCN1C2CC1CN(Cc1nc3c(Cl)cc(F)cc3[nH]1)C2. The van der Waals surface area contributed by atoms with Gasteiger partial charge in [-0.05, 0) is 43.4 Å². The maximum atomic E-state index is 13.5. The maximum Gasteiger partial charge on any atom is 0.126 e. The van der Waals surface area contributed by atoms with Crippen LogP contribution in [0.25, 0.3) is 11.0 Å². The van der Waals surface area contributed by atoms with Crippen molar-refractivity contribution in [1.82, 2.24) is 19.8 Å². The Morgan fingerprint density at radius 2 is 2.00 bits per heavy atom. The van der Waals surface area contributed by atoms with Crippen molar-refractivity contribution >= 4 is 22.6 Å². The molecule has 1 aromatic carbocycles. The fraction of sp³-hybridized carbons (Fsp3) is 0.650. The van der Waals surface area contributed by atoms with Crippen molar-refractivity contribution in [3.63, 3.8) is 0 Å². The quantitative estimate of drug-likeness (QED) is 0.835. The first-order valence-corrected chi connectivity index (χ1v) is 9.98. The number of fused-ring (bicyclic) bond motifs is 3. The number of hydrogen-bond acceptors (Lipinski definition) is 3. The van der Waals surface area contributed by atoms with E-state index in [4.69, 9.17) is 11.6 Å². The molecular formula is C20H28ClFN4. The highest BCUT2D eigenvalue weighted by Crippen LogP contribution is 2.34. The molecule has 26 heavy (non-hydrogen) atoms. The van der Waals surface area contributed by atoms with E-state index in [1.165, 1.54) is 37.9 Å². The zero-order valence-electron chi connectivity index (χ0n) is 15.9. The maximum absolute atomic E-state index is 13.5. The van der Waals surface area contributed by atoms with Crippen LogP contribution in [0.3, 0.4) is 0 Å². The van der Waals surface area contributed by atoms with Gasteiger partial charge in [0.15, 0.2) is 0 Å². The number of H-pyrrole nitrogens is 1. The number of hydrogen-bond donors (Lipinski definition) is 1. The minimum Gasteiger partial charge on any atom is -0.341 e. The number of piperazine rings is 1. The molecule has 0 aliphatic carbocycles. The molecule has 4 heterocycles. The number of imidazole rings is 1. The molecule has 6 heteroatoms. The molecule has 1 N–H and O–H groups in total. The molecule has 4 nitrogen and oxygen atoms in total. The van der Waals surface area contributed by atoms with E-state index in [2.05, 4.69) is 40.5 Å². The van der Waals surface area contributed by atoms with E-state index >= 15 is 0 Å². The summed E-state index contributed by atoms with van der Waals surface area (Å²) in [5.74, 6) is 0.538. The molecule has 3 aliphatic rings. The number of benzene rings is 1. The predicted molar refractivity (Wildman–Crippen MR) is 104 cm³/mol. The summed E-state index contributed by atoms with van der Waals surface area (Å²) in [7, 11) is 0. The molecule has 0 spiro atoms. The van der Waals surface area contributed by atoms with Crippen molar-refractivity contribution in [3.05, 3.63) is 28.8 Å². The lowest BCUT2D eigenvalue weighted by atomic mass is 9.85. The lowest BCUT2D eigenvalue weighted by molar-refractivity contribution is -0.0734. The minimum absolute atomic E-state index is 0.331. The van der Waals surface area contributed by atoms with Gasteiger partial charge in [-0.15, -0.1) is 0 Å². The summed E-state index contributed by atoms with van der Waals surface area (Å²) in [6.07, 6.45) is 3.89. The van der Waals surface area contributed by atoms with Crippen LogP contribution >= 0.6 is 11.6 Å². The molecule has 3 fully saturated rings. The molecule has 0 amide bonds. The van der Waals surface area contributed by atoms with Gasteiger partial charge >= 0.3 is 0 Å². The Morgan fingerprint density at radius 3 is 2.69 bits per heavy atom. The molecule has 0 saturated carbocycles. The second-order valence-electron chi connectivity index (χ2n) is 9.11. The van der Waals surface area contributed by atoms with Gasteiger partial charge in [-0.25, -0.2) is 9.37 Å². The Labute approximate surface area is 159 Å². The normalized spacial score (nSPS) is 24.2. The van der Waals surface area contributed by atoms with Crippen LogP contribution < -0.4 is 0 Å². The van der Waals surface area contributed by atoms with Crippen molar-refractivity contribution in [1.29, 1.82) is 0 Å². The monoisotopic (exact) mass is 378 g/mol. The van der Waals surface area contributed by atoms with Crippen LogP contribution in [-0.4, -0.2) is 51.5 Å². The van der Waals surface area contributed by atoms with Gasteiger partial charge in [0.05, 0.1) is 17.1 Å². The molecule has 0 radical (unpaired) electrons. The zero-order chi connectivity index (χ0) is 18.5. The van der Waals surface area contributed by atoms with Gasteiger partial charge in [-0.2, -0.15) is 0 Å². The average Bonchev–Trinajstić information content (AvgIpc) is 2.93. The molecule has 2 bridgehead atoms. The highest BCUT2D eigenvalue weighted by molar-refractivity contribution is 6.34. The topological polar surface area (TPSA) is 35.2 Å². The third-order valence-electron chi connectivity index (χ3n) is 5.69. The highest BCUT2D eigenvalue weighted by Gasteiger charge is 2.44. The van der Waals surface area contributed by atoms with Crippen molar-refractivity contribution < 1.29 is 4.39 Å². The van der Waals surface area contributed by atoms with Crippen molar-refractivity contribution in [2.24, 2.45) is 5.41 Å². The summed E-state index contributed by atoms with van der Waals surface area (Å²) >= 11 is 6.11. The summed E-state index contributed by atoms with van der Waals surface area (Å²) in [5.41, 5.74) is 1.76. The van der Waals surface area contributed by atoms with Crippen LogP contribution in [0.5, 0.6) is 0 Å². The lowest BCUT2D eigenvalue weighted by Gasteiger charge is -2.56. The van der Waals surface area contributed by atoms with Gasteiger partial charge in [0.25, 0.3) is 0 Å². The van der Waals surface area contributed by atoms with Crippen LogP contribution in [-0.2, 0) is 6.54 Å². The zero-order valence-corrected chi connectivity index (χ0v) is 16.6. The number of nitrogens with one attached hydrogen (secondary N) is 1. The van der Waals surface area contributed by atoms with Gasteiger partial charge in [0, 0.05) is 25.2 Å². The largest absolute Gasteiger partial charge is 0.341 e.